The van der Waals surface area contributed by atoms with Crippen LogP contribution in [0.1, 0.15) is 20.3 Å². The van der Waals surface area contributed by atoms with Gasteiger partial charge >= 0.3 is 5.97 Å². The zero-order valence-electron chi connectivity index (χ0n) is 9.74. The van der Waals surface area contributed by atoms with Crippen LogP contribution in [0.15, 0.2) is 0 Å². The largest absolute Gasteiger partial charge is 0.481 e. The fourth-order valence-corrected chi connectivity index (χ4v) is 1.53. The molecule has 0 heterocycles. The number of rotatable bonds is 5. The predicted octanol–water partition coefficient (Wildman–Crippen LogP) is 0.554. The highest BCUT2D eigenvalue weighted by Crippen LogP contribution is 2.23. The Morgan fingerprint density at radius 1 is 1.36 bits per heavy atom. The Hall–Kier alpha value is -0.610. The van der Waals surface area contributed by atoms with Gasteiger partial charge in [0, 0.05) is 0 Å². The number of carboxylic acid groups (broad SMARTS) is 1. The van der Waals surface area contributed by atoms with Crippen LogP contribution in [0, 0.1) is 5.92 Å². The van der Waals surface area contributed by atoms with Crippen LogP contribution in [0.2, 0.25) is 0 Å². The number of hydrogen-bond donors (Lipinski definition) is 2. The number of carboxylic acids is 1. The summed E-state index contributed by atoms with van der Waals surface area (Å²) < 4.78 is 0.558. The Kier molecular flexibility index (Phi) is 4.09. The van der Waals surface area contributed by atoms with E-state index in [4.69, 9.17) is 5.11 Å². The van der Waals surface area contributed by atoms with Crippen molar-refractivity contribution in [3.63, 3.8) is 0 Å². The molecule has 0 spiro atoms. The summed E-state index contributed by atoms with van der Waals surface area (Å²) in [5.74, 6) is -1.01. The van der Waals surface area contributed by atoms with Crippen molar-refractivity contribution >= 4 is 5.97 Å². The minimum absolute atomic E-state index is 0.0593. The zero-order valence-corrected chi connectivity index (χ0v) is 9.74. The van der Waals surface area contributed by atoms with Crippen molar-refractivity contribution in [3.8, 4) is 0 Å². The van der Waals surface area contributed by atoms with Crippen molar-refractivity contribution in [3.05, 3.63) is 0 Å². The molecule has 1 atom stereocenters. The molecule has 0 rings (SSSR count). The molecule has 0 fully saturated rings. The highest BCUT2D eigenvalue weighted by Gasteiger charge is 2.38. The first-order valence-corrected chi connectivity index (χ1v) is 4.81. The minimum atomic E-state index is -1.12. The van der Waals surface area contributed by atoms with Crippen molar-refractivity contribution in [1.82, 2.24) is 0 Å². The second kappa shape index (κ2) is 4.28. The maximum absolute atomic E-state index is 10.6. The molecular formula is C10H22NO3+. The highest BCUT2D eigenvalue weighted by molar-refractivity contribution is 5.68. The highest BCUT2D eigenvalue weighted by atomic mass is 16.4. The number of aliphatic carboxylic acids is 1. The van der Waals surface area contributed by atoms with Crippen molar-refractivity contribution in [2.45, 2.75) is 25.9 Å². The van der Waals surface area contributed by atoms with Crippen LogP contribution >= 0.6 is 0 Å². The Balaban J connectivity index is 4.64. The molecular weight excluding hydrogens is 182 g/mol. The lowest BCUT2D eigenvalue weighted by Crippen LogP contribution is -2.53. The SMILES string of the molecule is CC(C)C(O)(CC(=O)O)C[N+](C)(C)C. The minimum Gasteiger partial charge on any atom is -0.481 e. The molecule has 0 saturated heterocycles. The lowest BCUT2D eigenvalue weighted by molar-refractivity contribution is -0.877. The van der Waals surface area contributed by atoms with Gasteiger partial charge in [-0.05, 0) is 5.92 Å². The first-order valence-electron chi connectivity index (χ1n) is 4.81. The number of carbonyl (C=O) groups is 1. The van der Waals surface area contributed by atoms with Crippen LogP contribution in [-0.2, 0) is 4.79 Å². The summed E-state index contributed by atoms with van der Waals surface area (Å²) >= 11 is 0. The van der Waals surface area contributed by atoms with Crippen molar-refractivity contribution < 1.29 is 19.5 Å². The van der Waals surface area contributed by atoms with Gasteiger partial charge in [-0.2, -0.15) is 0 Å². The smallest absolute Gasteiger partial charge is 0.306 e. The number of aliphatic hydroxyl groups is 1. The van der Waals surface area contributed by atoms with E-state index < -0.39 is 11.6 Å². The van der Waals surface area contributed by atoms with Gasteiger partial charge in [0.1, 0.15) is 12.1 Å². The summed E-state index contributed by atoms with van der Waals surface area (Å²) in [6.07, 6.45) is -0.194. The van der Waals surface area contributed by atoms with E-state index in [1.807, 2.05) is 35.0 Å². The molecule has 4 heteroatoms. The summed E-state index contributed by atoms with van der Waals surface area (Å²) in [5.41, 5.74) is -1.12. The third kappa shape index (κ3) is 4.58. The summed E-state index contributed by atoms with van der Waals surface area (Å²) in [7, 11) is 5.82. The molecule has 84 valence electrons. The van der Waals surface area contributed by atoms with Gasteiger partial charge in [0.25, 0.3) is 0 Å². The molecule has 0 aliphatic rings. The number of quaternary nitrogens is 1. The Bertz CT molecular complexity index is 208. The predicted molar refractivity (Wildman–Crippen MR) is 54.9 cm³/mol. The summed E-state index contributed by atoms with van der Waals surface area (Å²) in [4.78, 5) is 10.6. The fourth-order valence-electron chi connectivity index (χ4n) is 1.53. The summed E-state index contributed by atoms with van der Waals surface area (Å²) in [5, 5.41) is 18.9. The first kappa shape index (κ1) is 13.4. The molecule has 0 saturated carbocycles. The first-order chi connectivity index (χ1) is 6.07. The molecule has 0 aromatic carbocycles. The number of likely N-dealkylation sites (N-methyl/N-ethyl adjacent to an activating group) is 1. The van der Waals surface area contributed by atoms with E-state index in [2.05, 4.69) is 0 Å². The van der Waals surface area contributed by atoms with Crippen molar-refractivity contribution in [2.75, 3.05) is 27.7 Å². The van der Waals surface area contributed by atoms with Gasteiger partial charge < -0.3 is 14.7 Å². The van der Waals surface area contributed by atoms with E-state index in [-0.39, 0.29) is 12.3 Å². The molecule has 4 nitrogen and oxygen atoms in total. The van der Waals surface area contributed by atoms with Crippen LogP contribution in [0.5, 0.6) is 0 Å². The van der Waals surface area contributed by atoms with Gasteiger partial charge in [0.05, 0.1) is 27.6 Å². The molecule has 0 aliphatic heterocycles. The molecule has 0 aliphatic carbocycles. The molecule has 2 N–H and O–H groups in total. The molecule has 0 amide bonds. The van der Waals surface area contributed by atoms with Gasteiger partial charge in [-0.25, -0.2) is 0 Å². The molecule has 0 bridgehead atoms. The summed E-state index contributed by atoms with van der Waals surface area (Å²) in [6, 6.07) is 0. The maximum Gasteiger partial charge on any atom is 0.306 e. The Morgan fingerprint density at radius 3 is 2.00 bits per heavy atom. The summed E-state index contributed by atoms with van der Waals surface area (Å²) in [6.45, 7) is 4.13. The normalized spacial score (nSPS) is 16.8. The monoisotopic (exact) mass is 204 g/mol. The van der Waals surface area contributed by atoms with Crippen LogP contribution in [-0.4, -0.2) is 54.0 Å². The maximum atomic E-state index is 10.6. The molecule has 0 radical (unpaired) electrons. The third-order valence-electron chi connectivity index (χ3n) is 2.28. The Labute approximate surface area is 85.7 Å². The van der Waals surface area contributed by atoms with Gasteiger partial charge in [-0.1, -0.05) is 13.8 Å². The van der Waals surface area contributed by atoms with E-state index in [0.29, 0.717) is 11.0 Å². The van der Waals surface area contributed by atoms with E-state index in [1.165, 1.54) is 0 Å². The van der Waals surface area contributed by atoms with Crippen LogP contribution in [0.3, 0.4) is 0 Å². The van der Waals surface area contributed by atoms with Gasteiger partial charge in [-0.3, -0.25) is 4.79 Å². The molecule has 14 heavy (non-hydrogen) atoms. The van der Waals surface area contributed by atoms with E-state index in [0.717, 1.165) is 0 Å². The third-order valence-corrected chi connectivity index (χ3v) is 2.28. The van der Waals surface area contributed by atoms with Crippen LogP contribution in [0.25, 0.3) is 0 Å². The standard InChI is InChI=1S/C10H21NO3/c1-8(2)10(14,6-9(12)13)7-11(3,4)5/h8,14H,6-7H2,1-5H3/p+1. The molecule has 0 aromatic rings. The lowest BCUT2D eigenvalue weighted by Gasteiger charge is -2.37. The molecule has 0 aromatic heterocycles. The molecule has 1 unspecified atom stereocenters. The van der Waals surface area contributed by atoms with E-state index >= 15 is 0 Å². The fraction of sp³-hybridized carbons (Fsp3) is 0.900. The average molecular weight is 204 g/mol. The van der Waals surface area contributed by atoms with E-state index in [1.54, 1.807) is 0 Å². The van der Waals surface area contributed by atoms with Gasteiger partial charge in [-0.15, -0.1) is 0 Å². The zero-order chi connectivity index (χ0) is 11.6. The quantitative estimate of drug-likeness (QED) is 0.643. The second-order valence-electron chi connectivity index (χ2n) is 5.28. The van der Waals surface area contributed by atoms with Gasteiger partial charge in [0.2, 0.25) is 0 Å². The lowest BCUT2D eigenvalue weighted by atomic mass is 9.86. The van der Waals surface area contributed by atoms with E-state index in [9.17, 15) is 9.90 Å². The van der Waals surface area contributed by atoms with Crippen LogP contribution < -0.4 is 0 Å². The number of nitrogens with zero attached hydrogens (tertiary/aromatic N) is 1. The van der Waals surface area contributed by atoms with Crippen LogP contribution in [0.4, 0.5) is 0 Å². The topological polar surface area (TPSA) is 57.5 Å². The van der Waals surface area contributed by atoms with Crippen molar-refractivity contribution in [2.24, 2.45) is 5.92 Å². The average Bonchev–Trinajstić information content (AvgIpc) is 1.79. The second-order valence-corrected chi connectivity index (χ2v) is 5.28. The number of hydrogen-bond acceptors (Lipinski definition) is 2. The van der Waals surface area contributed by atoms with Crippen molar-refractivity contribution in [1.29, 1.82) is 0 Å². The Morgan fingerprint density at radius 2 is 1.79 bits per heavy atom. The van der Waals surface area contributed by atoms with Gasteiger partial charge in [0.15, 0.2) is 0 Å².